The highest BCUT2D eigenvalue weighted by molar-refractivity contribution is 5.81. The molecule has 0 unspecified atom stereocenters. The molecule has 9 rings (SSSR count). The molecule has 0 radical (unpaired) electrons. The first-order valence-electron chi connectivity index (χ1n) is 15.3. The summed E-state index contributed by atoms with van der Waals surface area (Å²) in [4.78, 5) is 37.7. The maximum absolute atomic E-state index is 14.1. The lowest BCUT2D eigenvalue weighted by molar-refractivity contribution is -0.135. The van der Waals surface area contributed by atoms with Gasteiger partial charge in [0.15, 0.2) is 23.1 Å². The summed E-state index contributed by atoms with van der Waals surface area (Å²) < 4.78 is 45.0. The third-order valence-electron chi connectivity index (χ3n) is 10.5. The van der Waals surface area contributed by atoms with E-state index in [0.717, 1.165) is 77.0 Å². The van der Waals surface area contributed by atoms with Gasteiger partial charge in [-0.2, -0.15) is 14.4 Å². The van der Waals surface area contributed by atoms with Crippen molar-refractivity contribution >= 4 is 29.3 Å². The molecule has 12 nitrogen and oxygen atoms in total. The number of nitrogen functional groups attached to an aromatic ring is 1. The Labute approximate surface area is 248 Å². The molecule has 7 fully saturated rings. The highest BCUT2D eigenvalue weighted by Gasteiger charge is 2.54. The number of nitrogens with zero attached hydrogens (tertiary/aromatic N) is 4. The van der Waals surface area contributed by atoms with Crippen LogP contribution in [0.3, 0.4) is 0 Å². The molecule has 0 spiro atoms. The summed E-state index contributed by atoms with van der Waals surface area (Å²) >= 11 is 0. The average Bonchev–Trinajstić information content (AvgIpc) is 3.59. The van der Waals surface area contributed by atoms with Gasteiger partial charge < -0.3 is 29.4 Å². The van der Waals surface area contributed by atoms with Gasteiger partial charge in [0.2, 0.25) is 5.60 Å². The van der Waals surface area contributed by atoms with Crippen molar-refractivity contribution < 1.29 is 37.7 Å². The van der Waals surface area contributed by atoms with E-state index in [1.165, 1.54) is 10.9 Å². The zero-order valence-corrected chi connectivity index (χ0v) is 24.0. The molecule has 7 aliphatic rings. The Hall–Kier alpha value is -3.66. The molecule has 1 saturated heterocycles. The van der Waals surface area contributed by atoms with E-state index < -0.39 is 54.1 Å². The van der Waals surface area contributed by atoms with Gasteiger partial charge in [0.05, 0.1) is 6.33 Å². The van der Waals surface area contributed by atoms with Crippen LogP contribution in [0, 0.1) is 30.3 Å². The molecule has 2 aromatic rings. The van der Waals surface area contributed by atoms with Crippen LogP contribution in [0.1, 0.15) is 89.7 Å². The molecule has 6 saturated carbocycles. The SMILES string of the molecule is C#C[C@]1(COC(=O)OC23CCC(CC2)CC3)O[C@@H](n2cnc3c(N)nc(F)nc32)C[C@@H]1OC(=O)OC12CCC(CC1)CC2. The third-order valence-corrected chi connectivity index (χ3v) is 10.5. The van der Waals surface area contributed by atoms with Gasteiger partial charge in [-0.25, -0.2) is 14.6 Å². The smallest absolute Gasteiger partial charge is 0.430 e. The molecule has 2 N–H and O–H groups in total. The van der Waals surface area contributed by atoms with E-state index >= 15 is 0 Å². The maximum atomic E-state index is 14.1. The molecule has 0 aromatic carbocycles. The first kappa shape index (κ1) is 28.1. The molecule has 0 amide bonds. The maximum Gasteiger partial charge on any atom is 0.509 e. The van der Waals surface area contributed by atoms with Crippen LogP contribution in [0.2, 0.25) is 0 Å². The van der Waals surface area contributed by atoms with Crippen LogP contribution in [0.25, 0.3) is 11.2 Å². The molecule has 4 bridgehead atoms. The van der Waals surface area contributed by atoms with E-state index in [0.29, 0.717) is 11.8 Å². The summed E-state index contributed by atoms with van der Waals surface area (Å²) in [7, 11) is 0. The Bertz CT molecular complexity index is 1430. The van der Waals surface area contributed by atoms with Gasteiger partial charge >= 0.3 is 18.4 Å². The summed E-state index contributed by atoms with van der Waals surface area (Å²) in [5, 5.41) is 0. The zero-order valence-electron chi connectivity index (χ0n) is 24.0. The second-order valence-electron chi connectivity index (χ2n) is 13.0. The lowest BCUT2D eigenvalue weighted by atomic mass is 9.68. The standard InChI is InChI=1S/C30H36FN5O7/c1-2-30(16-39-26(37)42-28-9-3-18(4-10-28)5-11-28)20(40-27(38)43-29-12-6-19(7-13-29)8-14-29)15-21(41-30)36-17-33-22-23(32)34-25(31)35-24(22)36/h1,17-21H,3-16H2,(H2,32,34,35)/t18?,19?,20-,21+,28?,29?,30+/m0/s1. The van der Waals surface area contributed by atoms with E-state index in [2.05, 4.69) is 20.9 Å². The fourth-order valence-electron chi connectivity index (χ4n) is 7.89. The summed E-state index contributed by atoms with van der Waals surface area (Å²) in [5.74, 6) is 3.82. The van der Waals surface area contributed by atoms with Crippen molar-refractivity contribution in [3.63, 3.8) is 0 Å². The van der Waals surface area contributed by atoms with Crippen LogP contribution in [0.4, 0.5) is 19.8 Å². The summed E-state index contributed by atoms with van der Waals surface area (Å²) in [6.07, 6.45) is 13.6. The minimum absolute atomic E-state index is 0.0229. The largest absolute Gasteiger partial charge is 0.509 e. The van der Waals surface area contributed by atoms with Gasteiger partial charge in [-0.15, -0.1) is 6.42 Å². The van der Waals surface area contributed by atoms with Crippen LogP contribution in [-0.2, 0) is 23.7 Å². The predicted octanol–water partition coefficient (Wildman–Crippen LogP) is 4.96. The van der Waals surface area contributed by atoms with E-state index in [1.807, 2.05) is 0 Å². The van der Waals surface area contributed by atoms with E-state index in [1.54, 1.807) is 0 Å². The number of terminal acetylenes is 1. The molecule has 2 aromatic heterocycles. The number of halogens is 1. The first-order chi connectivity index (χ1) is 20.7. The highest BCUT2D eigenvalue weighted by atomic mass is 19.1. The number of carbonyl (C=O) groups excluding carboxylic acids is 2. The number of hydrogen-bond donors (Lipinski definition) is 1. The van der Waals surface area contributed by atoms with Gasteiger partial charge in [0.25, 0.3) is 0 Å². The van der Waals surface area contributed by atoms with Crippen molar-refractivity contribution in [1.82, 2.24) is 19.5 Å². The Balaban J connectivity index is 1.11. The lowest BCUT2D eigenvalue weighted by Crippen LogP contribution is -2.49. The van der Waals surface area contributed by atoms with E-state index in [9.17, 15) is 14.0 Å². The fourth-order valence-corrected chi connectivity index (χ4v) is 7.89. The molecule has 3 heterocycles. The topological polar surface area (TPSA) is 150 Å². The summed E-state index contributed by atoms with van der Waals surface area (Å²) in [5.41, 5.74) is 3.33. The van der Waals surface area contributed by atoms with Crippen LogP contribution in [0.5, 0.6) is 0 Å². The van der Waals surface area contributed by atoms with Crippen LogP contribution < -0.4 is 5.73 Å². The number of aromatic nitrogens is 4. The van der Waals surface area contributed by atoms with Crippen LogP contribution >= 0.6 is 0 Å². The Morgan fingerprint density at radius 1 is 1.00 bits per heavy atom. The molecule has 3 atom stereocenters. The monoisotopic (exact) mass is 597 g/mol. The van der Waals surface area contributed by atoms with Crippen molar-refractivity contribution in [2.24, 2.45) is 11.8 Å². The van der Waals surface area contributed by atoms with Gasteiger partial charge in [-0.1, -0.05) is 5.92 Å². The Morgan fingerprint density at radius 3 is 2.16 bits per heavy atom. The summed E-state index contributed by atoms with van der Waals surface area (Å²) in [6.45, 7) is -0.444. The Morgan fingerprint density at radius 2 is 1.58 bits per heavy atom. The lowest BCUT2D eigenvalue weighted by Gasteiger charge is -2.45. The van der Waals surface area contributed by atoms with Gasteiger partial charge in [-0.05, 0) is 88.9 Å². The number of anilines is 1. The Kier molecular flexibility index (Phi) is 6.87. The number of carbonyl (C=O) groups is 2. The van der Waals surface area contributed by atoms with Crippen LogP contribution in [0.15, 0.2) is 6.33 Å². The van der Waals surface area contributed by atoms with Gasteiger partial charge in [0.1, 0.15) is 24.0 Å². The van der Waals surface area contributed by atoms with E-state index in [4.69, 9.17) is 35.8 Å². The molecular weight excluding hydrogens is 561 g/mol. The first-order valence-corrected chi connectivity index (χ1v) is 15.3. The molecule has 1 aliphatic heterocycles. The highest BCUT2D eigenvalue weighted by Crippen LogP contribution is 2.48. The average molecular weight is 598 g/mol. The molecular formula is C30H36FN5O7. The number of nitrogens with two attached hydrogens (primary N) is 1. The summed E-state index contributed by atoms with van der Waals surface area (Å²) in [6, 6.07) is 0. The van der Waals surface area contributed by atoms with E-state index in [-0.39, 0.29) is 23.4 Å². The van der Waals surface area contributed by atoms with Crippen molar-refractivity contribution in [3.05, 3.63) is 12.4 Å². The number of fused-ring (bicyclic) bond motifs is 7. The molecule has 230 valence electrons. The minimum Gasteiger partial charge on any atom is -0.430 e. The minimum atomic E-state index is -1.69. The van der Waals surface area contributed by atoms with Gasteiger partial charge in [-0.3, -0.25) is 4.57 Å². The third kappa shape index (κ3) is 5.13. The van der Waals surface area contributed by atoms with Crippen molar-refractivity contribution in [1.29, 1.82) is 0 Å². The van der Waals surface area contributed by atoms with Gasteiger partial charge in [0, 0.05) is 6.42 Å². The quantitative estimate of drug-likeness (QED) is 0.273. The van der Waals surface area contributed by atoms with Crippen molar-refractivity contribution in [2.45, 2.75) is 113 Å². The zero-order chi connectivity index (χ0) is 29.8. The van der Waals surface area contributed by atoms with Crippen molar-refractivity contribution in [3.8, 4) is 12.3 Å². The molecule has 6 aliphatic carbocycles. The second kappa shape index (κ2) is 10.5. The van der Waals surface area contributed by atoms with Crippen molar-refractivity contribution in [2.75, 3.05) is 12.3 Å². The normalized spacial score (nSPS) is 36.3. The van der Waals surface area contributed by atoms with Crippen LogP contribution in [-0.4, -0.2) is 61.3 Å². The second-order valence-corrected chi connectivity index (χ2v) is 13.0. The number of hydrogen-bond acceptors (Lipinski definition) is 11. The molecule has 43 heavy (non-hydrogen) atoms. The number of rotatable bonds is 6. The fraction of sp³-hybridized carbons (Fsp3) is 0.700. The molecule has 13 heteroatoms. The number of imidazole rings is 1. The predicted molar refractivity (Wildman–Crippen MR) is 148 cm³/mol. The number of ether oxygens (including phenoxy) is 5.